The number of para-hydroxylation sites is 1. The van der Waals surface area contributed by atoms with Crippen molar-refractivity contribution >= 4 is 22.3 Å². The molecule has 6 nitrogen and oxygen atoms in total. The fourth-order valence-electron chi connectivity index (χ4n) is 6.36. The lowest BCUT2D eigenvalue weighted by Gasteiger charge is -2.52. The van der Waals surface area contributed by atoms with Gasteiger partial charge in [-0.2, -0.15) is 0 Å². The van der Waals surface area contributed by atoms with Crippen LogP contribution >= 0.6 is 0 Å². The van der Waals surface area contributed by atoms with Crippen molar-refractivity contribution in [3.05, 3.63) is 111 Å². The normalized spacial score (nSPS) is 24.6. The highest BCUT2D eigenvalue weighted by Gasteiger charge is 2.43. The van der Waals surface area contributed by atoms with Crippen molar-refractivity contribution in [1.82, 2.24) is 9.88 Å². The van der Waals surface area contributed by atoms with E-state index in [0.29, 0.717) is 23.2 Å². The van der Waals surface area contributed by atoms with Gasteiger partial charge in [-0.1, -0.05) is 54.6 Å². The van der Waals surface area contributed by atoms with Crippen molar-refractivity contribution in [2.75, 3.05) is 23.7 Å². The van der Waals surface area contributed by atoms with E-state index in [2.05, 4.69) is 45.3 Å². The van der Waals surface area contributed by atoms with Gasteiger partial charge >= 0.3 is 0 Å². The number of anilines is 2. The van der Waals surface area contributed by atoms with Crippen molar-refractivity contribution in [3.63, 3.8) is 0 Å². The minimum Gasteiger partial charge on any atom is -0.373 e. The zero-order valence-corrected chi connectivity index (χ0v) is 21.1. The average molecular weight is 493 g/mol. The first-order valence-corrected chi connectivity index (χ1v) is 13.2. The summed E-state index contributed by atoms with van der Waals surface area (Å²) in [6.45, 7) is 8.09. The molecule has 0 aliphatic carbocycles. The van der Waals surface area contributed by atoms with Crippen LogP contribution in [0, 0.1) is 11.8 Å². The molecule has 6 atom stereocenters. The summed E-state index contributed by atoms with van der Waals surface area (Å²) in [4.78, 5) is 32.7. The quantitative estimate of drug-likeness (QED) is 0.265. The molecule has 0 radical (unpaired) electrons. The highest BCUT2D eigenvalue weighted by Crippen LogP contribution is 2.43. The third-order valence-corrected chi connectivity index (χ3v) is 8.43. The first-order valence-electron chi connectivity index (χ1n) is 13.2. The molecule has 3 unspecified atom stereocenters. The Morgan fingerprint density at radius 1 is 1.00 bits per heavy atom. The summed E-state index contributed by atoms with van der Waals surface area (Å²) >= 11 is 0. The Hall–Kier alpha value is -3.77. The van der Waals surface area contributed by atoms with E-state index in [1.807, 2.05) is 61.7 Å². The summed E-state index contributed by atoms with van der Waals surface area (Å²) in [5.74, 6) is 1.07. The molecule has 4 aromatic rings. The molecule has 2 N–H and O–H groups in total. The molecule has 1 aromatic heterocycles. The summed E-state index contributed by atoms with van der Waals surface area (Å²) in [6, 6.07) is 20.1. The van der Waals surface area contributed by atoms with E-state index >= 15 is 0 Å². The Kier molecular flexibility index (Phi) is 6.13. The summed E-state index contributed by atoms with van der Waals surface area (Å²) in [5, 5.41) is 7.97. The van der Waals surface area contributed by atoms with Crippen LogP contribution in [0.4, 0.5) is 11.4 Å². The molecule has 4 heterocycles. The van der Waals surface area contributed by atoms with Gasteiger partial charge in [0, 0.05) is 30.2 Å². The standard InChI is InChI=1S/C31H32N4O2/c1-3-20-18-35-16-14-22(20)17-26(35)27(24-13-15-32-25-12-8-7-11-23(24)25)34-29-28(30(36)31(29)37)33-19(2)21-9-5-4-6-10-21/h3-13,15,19-20,22,26-27,33-34H,1,14,16-18H2,2H3/t19-,20?,22?,26-,27+/m1/s1. The van der Waals surface area contributed by atoms with Crippen molar-refractivity contribution in [1.29, 1.82) is 0 Å². The van der Waals surface area contributed by atoms with E-state index in [0.717, 1.165) is 41.5 Å². The Morgan fingerprint density at radius 3 is 2.46 bits per heavy atom. The van der Waals surface area contributed by atoms with Crippen LogP contribution in [0.25, 0.3) is 10.9 Å². The zero-order chi connectivity index (χ0) is 25.5. The molecular weight excluding hydrogens is 460 g/mol. The van der Waals surface area contributed by atoms with Crippen molar-refractivity contribution in [3.8, 4) is 0 Å². The second-order valence-electron chi connectivity index (χ2n) is 10.5. The number of fused-ring (bicyclic) bond motifs is 4. The first kappa shape index (κ1) is 23.6. The molecule has 3 saturated heterocycles. The zero-order valence-electron chi connectivity index (χ0n) is 21.1. The van der Waals surface area contributed by atoms with Crippen molar-refractivity contribution < 1.29 is 0 Å². The second-order valence-corrected chi connectivity index (χ2v) is 10.5. The monoisotopic (exact) mass is 492 g/mol. The molecule has 3 fully saturated rings. The lowest BCUT2D eigenvalue weighted by Crippen LogP contribution is -2.56. The lowest BCUT2D eigenvalue weighted by atomic mass is 9.73. The molecule has 2 bridgehead atoms. The van der Waals surface area contributed by atoms with Crippen molar-refractivity contribution in [2.45, 2.75) is 37.9 Å². The van der Waals surface area contributed by atoms with Gasteiger partial charge in [-0.3, -0.25) is 19.5 Å². The second kappa shape index (κ2) is 9.60. The largest absolute Gasteiger partial charge is 0.373 e. The van der Waals surface area contributed by atoms with Gasteiger partial charge in [-0.05, 0) is 61.4 Å². The van der Waals surface area contributed by atoms with Gasteiger partial charge < -0.3 is 10.6 Å². The van der Waals surface area contributed by atoms with Crippen LogP contribution in [0.5, 0.6) is 0 Å². The third-order valence-electron chi connectivity index (χ3n) is 8.43. The van der Waals surface area contributed by atoms with Crippen LogP contribution in [-0.2, 0) is 0 Å². The van der Waals surface area contributed by atoms with Crippen LogP contribution in [0.2, 0.25) is 0 Å². The minimum atomic E-state index is -0.458. The molecule has 188 valence electrons. The fraction of sp³-hybridized carbons (Fsp3) is 0.323. The molecule has 0 spiro atoms. The van der Waals surface area contributed by atoms with Gasteiger partial charge in [0.25, 0.3) is 10.9 Å². The average Bonchev–Trinajstić information content (AvgIpc) is 2.97. The predicted molar refractivity (Wildman–Crippen MR) is 150 cm³/mol. The number of nitrogens with zero attached hydrogens (tertiary/aromatic N) is 2. The van der Waals surface area contributed by atoms with Gasteiger partial charge in [-0.25, -0.2) is 0 Å². The summed E-state index contributed by atoms with van der Waals surface area (Å²) in [6.07, 6.45) is 6.12. The number of hydrogen-bond donors (Lipinski definition) is 2. The van der Waals surface area contributed by atoms with Crippen LogP contribution in [0.15, 0.2) is 89.1 Å². The van der Waals surface area contributed by atoms with E-state index in [9.17, 15) is 9.59 Å². The Labute approximate surface area is 216 Å². The van der Waals surface area contributed by atoms with Crippen molar-refractivity contribution in [2.24, 2.45) is 11.8 Å². The predicted octanol–water partition coefficient (Wildman–Crippen LogP) is 5.05. The lowest BCUT2D eigenvalue weighted by molar-refractivity contribution is 0.0105. The number of nitrogens with one attached hydrogen (secondary N) is 2. The molecular formula is C31H32N4O2. The van der Waals surface area contributed by atoms with Gasteiger partial charge in [0.2, 0.25) is 0 Å². The van der Waals surface area contributed by atoms with Gasteiger partial charge in [0.1, 0.15) is 11.4 Å². The smallest absolute Gasteiger partial charge is 0.253 e. The number of aromatic nitrogens is 1. The van der Waals surface area contributed by atoms with E-state index in [1.165, 1.54) is 6.42 Å². The number of hydrogen-bond acceptors (Lipinski definition) is 6. The number of rotatable bonds is 8. The Balaban J connectivity index is 1.38. The van der Waals surface area contributed by atoms with Crippen LogP contribution in [0.3, 0.4) is 0 Å². The van der Waals surface area contributed by atoms with Gasteiger partial charge in [0.05, 0.1) is 11.6 Å². The number of pyridine rings is 1. The van der Waals surface area contributed by atoms with Crippen LogP contribution in [0.1, 0.15) is 43.0 Å². The maximum atomic E-state index is 12.9. The minimum absolute atomic E-state index is 0.104. The van der Waals surface area contributed by atoms with E-state index in [4.69, 9.17) is 0 Å². The third kappa shape index (κ3) is 4.15. The molecule has 0 saturated carbocycles. The highest BCUT2D eigenvalue weighted by atomic mass is 16.2. The van der Waals surface area contributed by atoms with Crippen LogP contribution in [-0.4, -0.2) is 29.0 Å². The van der Waals surface area contributed by atoms with E-state index in [-0.39, 0.29) is 18.1 Å². The molecule has 3 aliphatic rings. The van der Waals surface area contributed by atoms with E-state index < -0.39 is 10.9 Å². The maximum absolute atomic E-state index is 12.9. The Bertz CT molecular complexity index is 1500. The molecule has 7 rings (SSSR count). The topological polar surface area (TPSA) is 74.3 Å². The fourth-order valence-corrected chi connectivity index (χ4v) is 6.36. The molecule has 3 aromatic carbocycles. The van der Waals surface area contributed by atoms with Gasteiger partial charge in [-0.15, -0.1) is 6.58 Å². The van der Waals surface area contributed by atoms with Crippen LogP contribution < -0.4 is 21.5 Å². The number of benzene rings is 2. The van der Waals surface area contributed by atoms with Gasteiger partial charge in [0.15, 0.2) is 0 Å². The maximum Gasteiger partial charge on any atom is 0.253 e. The SMILES string of the molecule is C=CC1CN2CCC1C[C@@H]2[C@@H](Nc1c(N[C@H](C)c2ccccc2)c(=O)c1=O)c1ccnc2ccccc12. The summed E-state index contributed by atoms with van der Waals surface area (Å²) < 4.78 is 0. The van der Waals surface area contributed by atoms with E-state index in [1.54, 1.807) is 0 Å². The molecule has 3 aliphatic heterocycles. The first-order chi connectivity index (χ1) is 18.0. The summed E-state index contributed by atoms with van der Waals surface area (Å²) in [5.41, 5.74) is 2.95. The number of piperidine rings is 3. The molecule has 6 heteroatoms. The Morgan fingerprint density at radius 2 is 1.73 bits per heavy atom. The molecule has 0 amide bonds. The highest BCUT2D eigenvalue weighted by molar-refractivity contribution is 5.83. The summed E-state index contributed by atoms with van der Waals surface area (Å²) in [7, 11) is 0. The molecule has 37 heavy (non-hydrogen) atoms.